The second kappa shape index (κ2) is 6.29. The van der Waals surface area contributed by atoms with Crippen molar-refractivity contribution in [2.45, 2.75) is 25.9 Å². The lowest BCUT2D eigenvalue weighted by Crippen LogP contribution is -2.09. The van der Waals surface area contributed by atoms with Gasteiger partial charge in [0.15, 0.2) is 10.9 Å². The molecule has 0 atom stereocenters. The molecule has 0 bridgehead atoms. The lowest BCUT2D eigenvalue weighted by atomic mass is 10.0. The van der Waals surface area contributed by atoms with E-state index in [9.17, 15) is 9.59 Å². The molecule has 0 fully saturated rings. The van der Waals surface area contributed by atoms with Crippen LogP contribution in [0.15, 0.2) is 34.2 Å². The topological polar surface area (TPSA) is 62.8 Å². The molecule has 0 unspecified atom stereocenters. The van der Waals surface area contributed by atoms with Gasteiger partial charge in [-0.1, -0.05) is 23.9 Å². The van der Waals surface area contributed by atoms with Crippen molar-refractivity contribution in [3.63, 3.8) is 0 Å². The Balaban J connectivity index is 1.78. The zero-order valence-corrected chi connectivity index (χ0v) is 14.7. The number of H-pyrrole nitrogens is 1. The van der Waals surface area contributed by atoms with Crippen molar-refractivity contribution in [3.05, 3.63) is 56.2 Å². The van der Waals surface area contributed by atoms with Gasteiger partial charge in [-0.15, -0.1) is 11.3 Å². The Hall–Kier alpha value is -1.92. The summed E-state index contributed by atoms with van der Waals surface area (Å²) in [4.78, 5) is 33.3. The fourth-order valence-electron chi connectivity index (χ4n) is 2.23. The molecule has 6 heteroatoms. The number of carbonyl (C=O) groups is 1. The molecule has 0 aliphatic heterocycles. The van der Waals surface area contributed by atoms with Crippen molar-refractivity contribution in [3.8, 4) is 0 Å². The first-order valence-electron chi connectivity index (χ1n) is 7.18. The number of ketones is 1. The van der Waals surface area contributed by atoms with Crippen LogP contribution in [0.2, 0.25) is 0 Å². The number of rotatable bonds is 4. The highest BCUT2D eigenvalue weighted by Crippen LogP contribution is 2.23. The predicted molar refractivity (Wildman–Crippen MR) is 95.9 cm³/mol. The number of hydrogen-bond donors (Lipinski definition) is 1. The molecule has 3 rings (SSSR count). The molecule has 0 aliphatic rings. The average molecular weight is 344 g/mol. The largest absolute Gasteiger partial charge is 0.301 e. The minimum Gasteiger partial charge on any atom is -0.301 e. The molecule has 0 radical (unpaired) electrons. The number of aryl methyl sites for hydroxylation is 3. The maximum atomic E-state index is 12.3. The molecule has 0 saturated carbocycles. The Morgan fingerprint density at radius 1 is 1.22 bits per heavy atom. The highest BCUT2D eigenvalue weighted by molar-refractivity contribution is 7.99. The molecule has 4 nitrogen and oxygen atoms in total. The molecule has 0 amide bonds. The van der Waals surface area contributed by atoms with Crippen LogP contribution in [0.25, 0.3) is 10.2 Å². The van der Waals surface area contributed by atoms with Crippen LogP contribution in [0, 0.1) is 20.8 Å². The van der Waals surface area contributed by atoms with E-state index in [1.807, 2.05) is 45.0 Å². The Morgan fingerprint density at radius 2 is 2.00 bits per heavy atom. The number of hydrogen-bond acceptors (Lipinski definition) is 5. The third-order valence-electron chi connectivity index (χ3n) is 3.67. The van der Waals surface area contributed by atoms with Crippen molar-refractivity contribution in [1.29, 1.82) is 0 Å². The second-order valence-corrected chi connectivity index (χ2v) is 7.66. The summed E-state index contributed by atoms with van der Waals surface area (Å²) in [5.41, 5.74) is 2.80. The van der Waals surface area contributed by atoms with E-state index in [2.05, 4.69) is 9.97 Å². The molecule has 3 aromatic rings. The lowest BCUT2D eigenvalue weighted by Gasteiger charge is -2.04. The van der Waals surface area contributed by atoms with E-state index in [0.29, 0.717) is 20.9 Å². The first kappa shape index (κ1) is 16.0. The third kappa shape index (κ3) is 3.38. The Labute approximate surface area is 142 Å². The summed E-state index contributed by atoms with van der Waals surface area (Å²) in [5, 5.41) is 1.10. The zero-order chi connectivity index (χ0) is 16.6. The fraction of sp³-hybridized carbons (Fsp3) is 0.235. The van der Waals surface area contributed by atoms with Gasteiger partial charge in [-0.2, -0.15) is 0 Å². The summed E-state index contributed by atoms with van der Waals surface area (Å²) in [7, 11) is 0. The van der Waals surface area contributed by atoms with Gasteiger partial charge in [0.25, 0.3) is 5.56 Å². The number of benzene rings is 1. The van der Waals surface area contributed by atoms with Crippen molar-refractivity contribution in [2.24, 2.45) is 0 Å². The lowest BCUT2D eigenvalue weighted by molar-refractivity contribution is 0.102. The van der Waals surface area contributed by atoms with Gasteiger partial charge in [0.05, 0.1) is 11.1 Å². The van der Waals surface area contributed by atoms with Crippen molar-refractivity contribution < 1.29 is 4.79 Å². The van der Waals surface area contributed by atoms with Gasteiger partial charge in [-0.25, -0.2) is 4.98 Å². The van der Waals surface area contributed by atoms with Gasteiger partial charge in [0.2, 0.25) is 0 Å². The molecule has 23 heavy (non-hydrogen) atoms. The molecular weight excluding hydrogens is 328 g/mol. The molecule has 0 spiro atoms. The van der Waals surface area contributed by atoms with E-state index in [1.165, 1.54) is 28.7 Å². The molecule has 118 valence electrons. The summed E-state index contributed by atoms with van der Waals surface area (Å²) >= 11 is 2.75. The SMILES string of the molecule is Cc1cc2c(=O)[nH]c(SCC(=O)c3ccc(C)c(C)c3)nc2s1. The molecule has 0 saturated heterocycles. The fourth-order valence-corrected chi connectivity index (χ4v) is 3.93. The van der Waals surface area contributed by atoms with Gasteiger partial charge < -0.3 is 4.98 Å². The number of aromatic amines is 1. The third-order valence-corrected chi connectivity index (χ3v) is 5.49. The maximum Gasteiger partial charge on any atom is 0.260 e. The number of Topliss-reactive ketones (excluding diaryl/α,β-unsaturated/α-hetero) is 1. The van der Waals surface area contributed by atoms with Crippen LogP contribution in [0.4, 0.5) is 0 Å². The molecular formula is C17H16N2O2S2. The van der Waals surface area contributed by atoms with E-state index in [1.54, 1.807) is 0 Å². The normalized spacial score (nSPS) is 11.1. The first-order chi connectivity index (χ1) is 10.9. The van der Waals surface area contributed by atoms with E-state index < -0.39 is 0 Å². The van der Waals surface area contributed by atoms with Crippen LogP contribution >= 0.6 is 23.1 Å². The van der Waals surface area contributed by atoms with Crippen LogP contribution in [-0.4, -0.2) is 21.5 Å². The van der Waals surface area contributed by atoms with Crippen LogP contribution in [0.1, 0.15) is 26.4 Å². The summed E-state index contributed by atoms with van der Waals surface area (Å²) in [6, 6.07) is 7.53. The Kier molecular flexibility index (Phi) is 4.37. The molecule has 1 aromatic carbocycles. The summed E-state index contributed by atoms with van der Waals surface area (Å²) in [6.45, 7) is 5.96. The minimum absolute atomic E-state index is 0.0307. The number of fused-ring (bicyclic) bond motifs is 1. The monoisotopic (exact) mass is 344 g/mol. The van der Waals surface area contributed by atoms with E-state index in [0.717, 1.165) is 10.4 Å². The number of nitrogens with zero attached hydrogens (tertiary/aromatic N) is 1. The Bertz CT molecular complexity index is 957. The molecule has 0 aliphatic carbocycles. The number of thioether (sulfide) groups is 1. The van der Waals surface area contributed by atoms with Crippen LogP contribution in [0.5, 0.6) is 0 Å². The van der Waals surface area contributed by atoms with Crippen LogP contribution in [-0.2, 0) is 0 Å². The zero-order valence-electron chi connectivity index (χ0n) is 13.1. The highest BCUT2D eigenvalue weighted by Gasteiger charge is 2.11. The van der Waals surface area contributed by atoms with Crippen molar-refractivity contribution in [2.75, 3.05) is 5.75 Å². The number of nitrogens with one attached hydrogen (secondary N) is 1. The molecule has 2 aromatic heterocycles. The van der Waals surface area contributed by atoms with Gasteiger partial charge in [-0.3, -0.25) is 9.59 Å². The average Bonchev–Trinajstić information content (AvgIpc) is 2.88. The Morgan fingerprint density at radius 3 is 2.74 bits per heavy atom. The van der Waals surface area contributed by atoms with Crippen LogP contribution < -0.4 is 5.56 Å². The number of carbonyl (C=O) groups excluding carboxylic acids is 1. The smallest absolute Gasteiger partial charge is 0.260 e. The summed E-state index contributed by atoms with van der Waals surface area (Å²) in [5.74, 6) is 0.282. The predicted octanol–water partition coefficient (Wildman–Crippen LogP) is 3.88. The number of thiophene rings is 1. The van der Waals surface area contributed by atoms with Gasteiger partial charge in [0, 0.05) is 10.4 Å². The second-order valence-electron chi connectivity index (χ2n) is 5.46. The van der Waals surface area contributed by atoms with Crippen LogP contribution in [0.3, 0.4) is 0 Å². The minimum atomic E-state index is -0.152. The molecule has 1 N–H and O–H groups in total. The van der Waals surface area contributed by atoms with Gasteiger partial charge in [0.1, 0.15) is 4.83 Å². The molecule has 2 heterocycles. The van der Waals surface area contributed by atoms with Crippen molar-refractivity contribution >= 4 is 39.1 Å². The summed E-state index contributed by atoms with van der Waals surface area (Å²) < 4.78 is 0. The maximum absolute atomic E-state index is 12.3. The number of aromatic nitrogens is 2. The van der Waals surface area contributed by atoms with E-state index in [4.69, 9.17) is 0 Å². The quantitative estimate of drug-likeness (QED) is 0.443. The van der Waals surface area contributed by atoms with Crippen molar-refractivity contribution in [1.82, 2.24) is 9.97 Å². The van der Waals surface area contributed by atoms with E-state index >= 15 is 0 Å². The first-order valence-corrected chi connectivity index (χ1v) is 8.98. The summed E-state index contributed by atoms with van der Waals surface area (Å²) in [6.07, 6.45) is 0. The van der Waals surface area contributed by atoms with Gasteiger partial charge >= 0.3 is 0 Å². The standard InChI is InChI=1S/C17H16N2O2S2/c1-9-4-5-12(6-10(9)2)14(20)8-22-17-18-15(21)13-7-11(3)23-16(13)19-17/h4-7H,8H2,1-3H3,(H,18,19,21). The van der Waals surface area contributed by atoms with E-state index in [-0.39, 0.29) is 17.1 Å². The highest BCUT2D eigenvalue weighted by atomic mass is 32.2. The van der Waals surface area contributed by atoms with Gasteiger partial charge in [-0.05, 0) is 44.0 Å².